The summed E-state index contributed by atoms with van der Waals surface area (Å²) in [6.07, 6.45) is 5.87. The van der Waals surface area contributed by atoms with E-state index in [2.05, 4.69) is 20.3 Å². The number of carbonyl (C=O) groups is 1. The second-order valence-electron chi connectivity index (χ2n) is 7.11. The molecule has 3 aromatic rings. The zero-order valence-corrected chi connectivity index (χ0v) is 15.3. The number of aromatic nitrogens is 3. The summed E-state index contributed by atoms with van der Waals surface area (Å²) in [7, 11) is 1.90. The summed E-state index contributed by atoms with van der Waals surface area (Å²) in [5.74, 6) is -0.117. The number of nitrogens with zero attached hydrogens (tertiary/aromatic N) is 3. The molecule has 3 heterocycles. The molecular weight excluding hydrogens is 342 g/mol. The number of para-hydroxylation sites is 1. The van der Waals surface area contributed by atoms with E-state index < -0.39 is 0 Å². The summed E-state index contributed by atoms with van der Waals surface area (Å²) < 4.78 is 1.78. The fourth-order valence-electron chi connectivity index (χ4n) is 3.68. The number of carbonyl (C=O) groups excluding carboxylic acids is 1. The number of anilines is 1. The van der Waals surface area contributed by atoms with Gasteiger partial charge >= 0.3 is 0 Å². The molecule has 2 N–H and O–H groups in total. The Morgan fingerprint density at radius 1 is 1.37 bits per heavy atom. The second kappa shape index (κ2) is 7.26. The van der Waals surface area contributed by atoms with Gasteiger partial charge in [0.25, 0.3) is 5.56 Å². The molecule has 27 heavy (non-hydrogen) atoms. The van der Waals surface area contributed by atoms with Crippen LogP contribution in [0.25, 0.3) is 10.9 Å². The Balaban J connectivity index is 1.42. The third-order valence-electron chi connectivity index (χ3n) is 5.02. The van der Waals surface area contributed by atoms with Gasteiger partial charge in [-0.15, -0.1) is 0 Å². The fourth-order valence-corrected chi connectivity index (χ4v) is 3.68. The average Bonchev–Trinajstić information content (AvgIpc) is 3.09. The summed E-state index contributed by atoms with van der Waals surface area (Å²) in [6, 6.07) is 9.46. The van der Waals surface area contributed by atoms with Gasteiger partial charge in [-0.2, -0.15) is 5.10 Å². The molecule has 1 fully saturated rings. The largest absolute Gasteiger partial charge is 0.367 e. The molecule has 1 aliphatic rings. The van der Waals surface area contributed by atoms with Gasteiger partial charge < -0.3 is 15.2 Å². The number of piperidine rings is 1. The summed E-state index contributed by atoms with van der Waals surface area (Å²) in [5.41, 5.74) is 2.14. The predicted octanol–water partition coefficient (Wildman–Crippen LogP) is 1.59. The van der Waals surface area contributed by atoms with E-state index in [4.69, 9.17) is 0 Å². The van der Waals surface area contributed by atoms with Crippen molar-refractivity contribution in [1.29, 1.82) is 0 Å². The molecule has 2 aromatic heterocycles. The Kier molecular flexibility index (Phi) is 4.66. The molecule has 0 radical (unpaired) electrons. The molecule has 0 aliphatic carbocycles. The van der Waals surface area contributed by atoms with Crippen LogP contribution >= 0.6 is 0 Å². The van der Waals surface area contributed by atoms with Gasteiger partial charge in [-0.05, 0) is 30.4 Å². The highest BCUT2D eigenvalue weighted by Crippen LogP contribution is 2.19. The molecule has 140 valence electrons. The SMILES string of the molecule is Cn1cc(N2CCCC(NC(=O)Cc3cc4ccccc4[nH]c3=O)C2)cn1. The molecule has 7 nitrogen and oxygen atoms in total. The lowest BCUT2D eigenvalue weighted by molar-refractivity contribution is -0.121. The highest BCUT2D eigenvalue weighted by atomic mass is 16.2. The first-order chi connectivity index (χ1) is 13.1. The van der Waals surface area contributed by atoms with Crippen LogP contribution < -0.4 is 15.8 Å². The third-order valence-corrected chi connectivity index (χ3v) is 5.02. The molecule has 7 heteroatoms. The van der Waals surface area contributed by atoms with Crippen LogP contribution in [0.15, 0.2) is 47.5 Å². The first kappa shape index (κ1) is 17.3. The summed E-state index contributed by atoms with van der Waals surface area (Å²) in [5, 5.41) is 8.24. The number of fused-ring (bicyclic) bond motifs is 1. The lowest BCUT2D eigenvalue weighted by atomic mass is 10.0. The Hall–Kier alpha value is -3.09. The first-order valence-electron chi connectivity index (χ1n) is 9.22. The number of benzene rings is 1. The topological polar surface area (TPSA) is 83.0 Å². The molecule has 0 saturated carbocycles. The summed E-state index contributed by atoms with van der Waals surface area (Å²) in [6.45, 7) is 1.72. The fraction of sp³-hybridized carbons (Fsp3) is 0.350. The quantitative estimate of drug-likeness (QED) is 0.736. The van der Waals surface area contributed by atoms with Crippen LogP contribution in [0.3, 0.4) is 0 Å². The van der Waals surface area contributed by atoms with Crippen molar-refractivity contribution in [2.24, 2.45) is 7.05 Å². The van der Waals surface area contributed by atoms with Crippen molar-refractivity contribution in [2.45, 2.75) is 25.3 Å². The van der Waals surface area contributed by atoms with E-state index in [1.807, 2.05) is 43.7 Å². The Morgan fingerprint density at radius 3 is 3.04 bits per heavy atom. The minimum Gasteiger partial charge on any atom is -0.367 e. The summed E-state index contributed by atoms with van der Waals surface area (Å²) >= 11 is 0. The van der Waals surface area contributed by atoms with Gasteiger partial charge in [-0.1, -0.05) is 18.2 Å². The maximum atomic E-state index is 12.5. The minimum absolute atomic E-state index is 0.0750. The molecule has 0 bridgehead atoms. The summed E-state index contributed by atoms with van der Waals surface area (Å²) in [4.78, 5) is 29.9. The standard InChI is InChI=1S/C20H23N5O2/c1-24-13-17(11-21-24)25-8-4-6-16(12-25)22-19(26)10-15-9-14-5-2-3-7-18(14)23-20(15)27/h2-3,5,7,9,11,13,16H,4,6,8,10,12H2,1H3,(H,22,26)(H,23,27). The van der Waals surface area contributed by atoms with E-state index in [0.717, 1.165) is 42.5 Å². The molecule has 1 aromatic carbocycles. The van der Waals surface area contributed by atoms with Crippen LogP contribution in [-0.2, 0) is 18.3 Å². The molecule has 1 aliphatic heterocycles. The molecule has 1 atom stereocenters. The van der Waals surface area contributed by atoms with Crippen molar-refractivity contribution in [1.82, 2.24) is 20.1 Å². The number of rotatable bonds is 4. The number of amides is 1. The van der Waals surface area contributed by atoms with Crippen molar-refractivity contribution in [3.05, 3.63) is 58.6 Å². The molecule has 1 unspecified atom stereocenters. The Labute approximate surface area is 157 Å². The van der Waals surface area contributed by atoms with Crippen LogP contribution in [0.1, 0.15) is 18.4 Å². The van der Waals surface area contributed by atoms with E-state index in [9.17, 15) is 9.59 Å². The number of pyridine rings is 1. The van der Waals surface area contributed by atoms with Gasteiger partial charge in [0.1, 0.15) is 0 Å². The van der Waals surface area contributed by atoms with E-state index in [0.29, 0.717) is 5.56 Å². The number of aryl methyl sites for hydroxylation is 1. The monoisotopic (exact) mass is 365 g/mol. The molecule has 4 rings (SSSR count). The molecule has 1 amide bonds. The number of hydrogen-bond acceptors (Lipinski definition) is 4. The Bertz CT molecular complexity index is 1020. The number of H-pyrrole nitrogens is 1. The lowest BCUT2D eigenvalue weighted by Crippen LogP contribution is -2.48. The normalized spacial score (nSPS) is 17.2. The van der Waals surface area contributed by atoms with Gasteiger partial charge in [0.2, 0.25) is 5.91 Å². The van der Waals surface area contributed by atoms with Crippen LogP contribution in [0, 0.1) is 0 Å². The molecule has 1 saturated heterocycles. The Morgan fingerprint density at radius 2 is 2.22 bits per heavy atom. The average molecular weight is 365 g/mol. The molecule has 0 spiro atoms. The van der Waals surface area contributed by atoms with Gasteiger partial charge in [0.05, 0.1) is 18.3 Å². The number of nitrogens with one attached hydrogen (secondary N) is 2. The van der Waals surface area contributed by atoms with Crippen LogP contribution in [0.2, 0.25) is 0 Å². The van der Waals surface area contributed by atoms with Crippen molar-refractivity contribution < 1.29 is 4.79 Å². The number of hydrogen-bond donors (Lipinski definition) is 2. The van der Waals surface area contributed by atoms with Gasteiger partial charge in [-0.25, -0.2) is 0 Å². The van der Waals surface area contributed by atoms with E-state index in [1.165, 1.54) is 0 Å². The van der Waals surface area contributed by atoms with Crippen molar-refractivity contribution in [2.75, 3.05) is 18.0 Å². The van der Waals surface area contributed by atoms with E-state index in [1.54, 1.807) is 10.7 Å². The van der Waals surface area contributed by atoms with Crippen molar-refractivity contribution >= 4 is 22.5 Å². The van der Waals surface area contributed by atoms with Gasteiger partial charge in [0.15, 0.2) is 0 Å². The van der Waals surface area contributed by atoms with Crippen molar-refractivity contribution in [3.8, 4) is 0 Å². The maximum Gasteiger partial charge on any atom is 0.252 e. The maximum absolute atomic E-state index is 12.5. The molecular formula is C20H23N5O2. The smallest absolute Gasteiger partial charge is 0.252 e. The lowest BCUT2D eigenvalue weighted by Gasteiger charge is -2.33. The number of aromatic amines is 1. The van der Waals surface area contributed by atoms with Crippen molar-refractivity contribution in [3.63, 3.8) is 0 Å². The highest BCUT2D eigenvalue weighted by Gasteiger charge is 2.22. The highest BCUT2D eigenvalue weighted by molar-refractivity contribution is 5.82. The third kappa shape index (κ3) is 3.86. The van der Waals surface area contributed by atoms with Crippen LogP contribution in [0.5, 0.6) is 0 Å². The first-order valence-corrected chi connectivity index (χ1v) is 9.22. The van der Waals surface area contributed by atoms with E-state index >= 15 is 0 Å². The second-order valence-corrected chi connectivity index (χ2v) is 7.11. The van der Waals surface area contributed by atoms with E-state index in [-0.39, 0.29) is 23.9 Å². The zero-order valence-electron chi connectivity index (χ0n) is 15.3. The van der Waals surface area contributed by atoms with Crippen LogP contribution in [0.4, 0.5) is 5.69 Å². The zero-order chi connectivity index (χ0) is 18.8. The van der Waals surface area contributed by atoms with Crippen LogP contribution in [-0.4, -0.2) is 39.8 Å². The minimum atomic E-state index is -0.204. The van der Waals surface area contributed by atoms with Gasteiger partial charge in [0, 0.05) is 43.5 Å². The predicted molar refractivity (Wildman–Crippen MR) is 105 cm³/mol. The van der Waals surface area contributed by atoms with Gasteiger partial charge in [-0.3, -0.25) is 14.3 Å².